The zero-order valence-electron chi connectivity index (χ0n) is 13.1. The van der Waals surface area contributed by atoms with Gasteiger partial charge in [-0.25, -0.2) is 4.79 Å². The van der Waals surface area contributed by atoms with E-state index >= 15 is 0 Å². The minimum atomic E-state index is -0.326. The summed E-state index contributed by atoms with van der Waals surface area (Å²) in [4.78, 5) is 14.0. The average molecular weight is 291 g/mol. The first-order valence-corrected chi connectivity index (χ1v) is 7.43. The molecular formula is C16H25N3O2. The minimum Gasteiger partial charge on any atom is -0.446 e. The van der Waals surface area contributed by atoms with Gasteiger partial charge in [-0.15, -0.1) is 0 Å². The van der Waals surface area contributed by atoms with Gasteiger partial charge in [-0.2, -0.15) is 0 Å². The first-order valence-electron chi connectivity index (χ1n) is 7.43. The Morgan fingerprint density at radius 2 is 1.81 bits per heavy atom. The van der Waals surface area contributed by atoms with Crippen molar-refractivity contribution in [1.29, 1.82) is 0 Å². The van der Waals surface area contributed by atoms with Crippen LogP contribution in [0.3, 0.4) is 0 Å². The Morgan fingerprint density at radius 3 is 2.33 bits per heavy atom. The van der Waals surface area contributed by atoms with E-state index < -0.39 is 0 Å². The molecule has 5 heteroatoms. The Balaban J connectivity index is 1.80. The Hall–Kier alpha value is -1.91. The number of rotatable bonds is 2. The second-order valence-corrected chi connectivity index (χ2v) is 6.56. The van der Waals surface area contributed by atoms with Gasteiger partial charge < -0.3 is 20.7 Å². The summed E-state index contributed by atoms with van der Waals surface area (Å²) in [5.74, 6) is 0. The monoisotopic (exact) mass is 291 g/mol. The average Bonchev–Trinajstić information content (AvgIpc) is 2.38. The van der Waals surface area contributed by atoms with Crippen LogP contribution in [0.15, 0.2) is 24.3 Å². The number of carbonyl (C=O) groups excluding carboxylic acids is 1. The summed E-state index contributed by atoms with van der Waals surface area (Å²) in [7, 11) is 0. The number of amides is 1. The largest absolute Gasteiger partial charge is 0.446 e. The SMILES string of the molecule is CC(C)(C)NC(=O)OC1CCN(c2ccc(N)cc2)CC1. The molecule has 1 fully saturated rings. The number of piperidine rings is 1. The second kappa shape index (κ2) is 6.24. The molecule has 3 N–H and O–H groups in total. The topological polar surface area (TPSA) is 67.6 Å². The van der Waals surface area contributed by atoms with Crippen LogP contribution in [0.2, 0.25) is 0 Å². The van der Waals surface area contributed by atoms with Crippen LogP contribution in [0.25, 0.3) is 0 Å². The molecular weight excluding hydrogens is 266 g/mol. The van der Waals surface area contributed by atoms with Gasteiger partial charge in [0.15, 0.2) is 0 Å². The van der Waals surface area contributed by atoms with E-state index in [2.05, 4.69) is 10.2 Å². The molecule has 1 aliphatic rings. The molecule has 0 saturated carbocycles. The number of nitrogen functional groups attached to an aromatic ring is 1. The highest BCUT2D eigenvalue weighted by molar-refractivity contribution is 5.68. The lowest BCUT2D eigenvalue weighted by atomic mass is 10.1. The zero-order valence-corrected chi connectivity index (χ0v) is 13.1. The van der Waals surface area contributed by atoms with Crippen LogP contribution in [0, 0.1) is 0 Å². The molecule has 5 nitrogen and oxygen atoms in total. The lowest BCUT2D eigenvalue weighted by molar-refractivity contribution is 0.0777. The predicted molar refractivity (Wildman–Crippen MR) is 85.5 cm³/mol. The Kier molecular flexibility index (Phi) is 4.60. The molecule has 1 aromatic carbocycles. The third-order valence-electron chi connectivity index (χ3n) is 3.45. The van der Waals surface area contributed by atoms with Crippen LogP contribution in [0.1, 0.15) is 33.6 Å². The highest BCUT2D eigenvalue weighted by Crippen LogP contribution is 2.22. The van der Waals surface area contributed by atoms with Crippen molar-refractivity contribution < 1.29 is 9.53 Å². The molecule has 116 valence electrons. The quantitative estimate of drug-likeness (QED) is 0.822. The van der Waals surface area contributed by atoms with Crippen LogP contribution in [0.4, 0.5) is 16.2 Å². The zero-order chi connectivity index (χ0) is 15.5. The number of ether oxygens (including phenoxy) is 1. The van der Waals surface area contributed by atoms with Gasteiger partial charge in [0.25, 0.3) is 0 Å². The Morgan fingerprint density at radius 1 is 1.24 bits per heavy atom. The van der Waals surface area contributed by atoms with Crippen molar-refractivity contribution in [2.75, 3.05) is 23.7 Å². The van der Waals surface area contributed by atoms with Gasteiger partial charge in [0.2, 0.25) is 0 Å². The molecule has 0 spiro atoms. The number of hydrogen-bond acceptors (Lipinski definition) is 4. The maximum atomic E-state index is 11.8. The number of anilines is 2. The lowest BCUT2D eigenvalue weighted by Gasteiger charge is -2.33. The summed E-state index contributed by atoms with van der Waals surface area (Å²) in [5, 5.41) is 2.83. The van der Waals surface area contributed by atoms with E-state index in [1.165, 1.54) is 5.69 Å². The summed E-state index contributed by atoms with van der Waals surface area (Å²) in [6, 6.07) is 7.88. The number of benzene rings is 1. The molecule has 0 aromatic heterocycles. The van der Waals surface area contributed by atoms with E-state index in [-0.39, 0.29) is 17.7 Å². The third kappa shape index (κ3) is 4.85. The van der Waals surface area contributed by atoms with Gasteiger partial charge >= 0.3 is 6.09 Å². The molecule has 1 heterocycles. The number of nitrogens with two attached hydrogens (primary N) is 1. The fourth-order valence-electron chi connectivity index (χ4n) is 2.40. The summed E-state index contributed by atoms with van der Waals surface area (Å²) in [6.45, 7) is 7.60. The first-order chi connectivity index (χ1) is 9.83. The number of carbonyl (C=O) groups is 1. The molecule has 0 aliphatic carbocycles. The van der Waals surface area contributed by atoms with Gasteiger partial charge in [-0.3, -0.25) is 0 Å². The summed E-state index contributed by atoms with van der Waals surface area (Å²) in [5.41, 5.74) is 7.38. The van der Waals surface area contributed by atoms with Crippen molar-refractivity contribution >= 4 is 17.5 Å². The molecule has 1 aliphatic heterocycles. The number of hydrogen-bond donors (Lipinski definition) is 2. The number of alkyl carbamates (subject to hydrolysis) is 1. The molecule has 0 bridgehead atoms. The van der Waals surface area contributed by atoms with Crippen LogP contribution in [0.5, 0.6) is 0 Å². The molecule has 21 heavy (non-hydrogen) atoms. The van der Waals surface area contributed by atoms with Crippen LogP contribution in [-0.2, 0) is 4.74 Å². The summed E-state index contributed by atoms with van der Waals surface area (Å²) in [6.07, 6.45) is 1.37. The summed E-state index contributed by atoms with van der Waals surface area (Å²) < 4.78 is 5.47. The van der Waals surface area contributed by atoms with Crippen molar-refractivity contribution in [2.45, 2.75) is 45.3 Å². The van der Waals surface area contributed by atoms with E-state index in [1.807, 2.05) is 45.0 Å². The molecule has 0 atom stereocenters. The van der Waals surface area contributed by atoms with Gasteiger partial charge in [-0.1, -0.05) is 0 Å². The molecule has 1 amide bonds. The van der Waals surface area contributed by atoms with Gasteiger partial charge in [0, 0.05) is 42.8 Å². The van der Waals surface area contributed by atoms with E-state index in [0.717, 1.165) is 31.6 Å². The van der Waals surface area contributed by atoms with Gasteiger partial charge in [0.1, 0.15) is 6.10 Å². The highest BCUT2D eigenvalue weighted by atomic mass is 16.6. The van der Waals surface area contributed by atoms with E-state index in [4.69, 9.17) is 10.5 Å². The molecule has 1 saturated heterocycles. The minimum absolute atomic E-state index is 0.00242. The third-order valence-corrected chi connectivity index (χ3v) is 3.45. The molecule has 0 radical (unpaired) electrons. The van der Waals surface area contributed by atoms with E-state index in [9.17, 15) is 4.79 Å². The van der Waals surface area contributed by atoms with Crippen LogP contribution in [-0.4, -0.2) is 30.8 Å². The normalized spacial score (nSPS) is 16.6. The van der Waals surface area contributed by atoms with E-state index in [0.29, 0.717) is 0 Å². The fraction of sp³-hybridized carbons (Fsp3) is 0.562. The number of nitrogens with one attached hydrogen (secondary N) is 1. The van der Waals surface area contributed by atoms with Crippen molar-refractivity contribution in [3.05, 3.63) is 24.3 Å². The predicted octanol–water partition coefficient (Wildman–Crippen LogP) is 2.76. The standard InChI is InChI=1S/C16H25N3O2/c1-16(2,3)18-15(20)21-14-8-10-19(11-9-14)13-6-4-12(17)5-7-13/h4-7,14H,8-11,17H2,1-3H3,(H,18,20). The van der Waals surface area contributed by atoms with Crippen molar-refractivity contribution in [2.24, 2.45) is 0 Å². The van der Waals surface area contributed by atoms with Gasteiger partial charge in [0.05, 0.1) is 0 Å². The molecule has 1 aromatic rings. The van der Waals surface area contributed by atoms with Gasteiger partial charge in [-0.05, 0) is 45.0 Å². The number of nitrogens with zero attached hydrogens (tertiary/aromatic N) is 1. The van der Waals surface area contributed by atoms with Crippen molar-refractivity contribution in [3.63, 3.8) is 0 Å². The smallest absolute Gasteiger partial charge is 0.407 e. The Labute approximate surface area is 126 Å². The van der Waals surface area contributed by atoms with Crippen LogP contribution < -0.4 is 16.0 Å². The lowest BCUT2D eigenvalue weighted by Crippen LogP contribution is -2.44. The van der Waals surface area contributed by atoms with E-state index in [1.54, 1.807) is 0 Å². The van der Waals surface area contributed by atoms with Crippen molar-refractivity contribution in [3.8, 4) is 0 Å². The van der Waals surface area contributed by atoms with Crippen LogP contribution >= 0.6 is 0 Å². The maximum Gasteiger partial charge on any atom is 0.407 e. The second-order valence-electron chi connectivity index (χ2n) is 6.56. The fourth-order valence-corrected chi connectivity index (χ4v) is 2.40. The maximum absolute atomic E-state index is 11.8. The molecule has 2 rings (SSSR count). The van der Waals surface area contributed by atoms with Crippen molar-refractivity contribution in [1.82, 2.24) is 5.32 Å². The molecule has 0 unspecified atom stereocenters. The Bertz CT molecular complexity index is 471. The highest BCUT2D eigenvalue weighted by Gasteiger charge is 2.24. The summed E-state index contributed by atoms with van der Waals surface area (Å²) >= 11 is 0. The first kappa shape index (κ1) is 15.5.